The molecule has 0 radical (unpaired) electrons. The second-order valence-corrected chi connectivity index (χ2v) is 7.80. The van der Waals surface area contributed by atoms with Crippen molar-refractivity contribution in [3.05, 3.63) is 75.4 Å². The first-order chi connectivity index (χ1) is 12.5. The van der Waals surface area contributed by atoms with Crippen LogP contribution in [0.3, 0.4) is 0 Å². The number of nitrogens with one attached hydrogen (secondary N) is 1. The number of hydrogen-bond donors (Lipinski definition) is 1. The molecule has 1 aliphatic rings. The summed E-state index contributed by atoms with van der Waals surface area (Å²) in [6, 6.07) is 13.3. The van der Waals surface area contributed by atoms with Crippen LogP contribution in [0, 0.1) is 13.8 Å². The van der Waals surface area contributed by atoms with Gasteiger partial charge in [0.25, 0.3) is 5.91 Å². The first kappa shape index (κ1) is 17.2. The predicted octanol–water partition coefficient (Wildman–Crippen LogP) is 5.14. The van der Waals surface area contributed by atoms with Gasteiger partial charge < -0.3 is 5.32 Å². The number of carbonyl (C=O) groups excluding carboxylic acids is 1. The highest BCUT2D eigenvalue weighted by atomic mass is 35.5. The maximum atomic E-state index is 12.8. The van der Waals surface area contributed by atoms with E-state index in [1.165, 1.54) is 5.56 Å². The van der Waals surface area contributed by atoms with Gasteiger partial charge in [-0.1, -0.05) is 41.4 Å². The SMILES string of the molecule is Cc1ccc(-n2nc3c(c2NC(=O)c2ccccc2Cl)CSC3)c(C)c1. The summed E-state index contributed by atoms with van der Waals surface area (Å²) in [5.41, 5.74) is 5.88. The van der Waals surface area contributed by atoms with Crippen molar-refractivity contribution in [1.29, 1.82) is 0 Å². The Hall–Kier alpha value is -2.24. The summed E-state index contributed by atoms with van der Waals surface area (Å²) in [5.74, 6) is 2.23. The normalized spacial score (nSPS) is 12.9. The number of rotatable bonds is 3. The molecule has 2 heterocycles. The van der Waals surface area contributed by atoms with Crippen molar-refractivity contribution in [2.45, 2.75) is 25.4 Å². The highest BCUT2D eigenvalue weighted by molar-refractivity contribution is 7.98. The van der Waals surface area contributed by atoms with Crippen LogP contribution in [0.1, 0.15) is 32.7 Å². The molecule has 1 aliphatic heterocycles. The fourth-order valence-corrected chi connectivity index (χ4v) is 4.44. The van der Waals surface area contributed by atoms with E-state index < -0.39 is 0 Å². The lowest BCUT2D eigenvalue weighted by molar-refractivity contribution is 0.102. The second kappa shape index (κ2) is 6.82. The molecule has 1 amide bonds. The summed E-state index contributed by atoms with van der Waals surface area (Å²) in [7, 11) is 0. The average molecular weight is 384 g/mol. The Morgan fingerprint density at radius 2 is 2.00 bits per heavy atom. The molecule has 2 aromatic carbocycles. The van der Waals surface area contributed by atoms with Gasteiger partial charge in [-0.05, 0) is 37.6 Å². The summed E-state index contributed by atoms with van der Waals surface area (Å²) in [6.45, 7) is 4.13. The number of benzene rings is 2. The molecule has 0 saturated carbocycles. The number of halogens is 1. The zero-order chi connectivity index (χ0) is 18.3. The third-order valence-electron chi connectivity index (χ3n) is 4.48. The van der Waals surface area contributed by atoms with E-state index in [-0.39, 0.29) is 5.91 Å². The molecule has 4 rings (SSSR count). The summed E-state index contributed by atoms with van der Waals surface area (Å²) in [4.78, 5) is 12.8. The Balaban J connectivity index is 1.78. The van der Waals surface area contributed by atoms with Crippen molar-refractivity contribution in [3.63, 3.8) is 0 Å². The van der Waals surface area contributed by atoms with Gasteiger partial charge in [-0.25, -0.2) is 4.68 Å². The number of fused-ring (bicyclic) bond motifs is 1. The number of hydrogen-bond acceptors (Lipinski definition) is 3. The Labute approximate surface area is 161 Å². The number of aryl methyl sites for hydroxylation is 2. The van der Waals surface area contributed by atoms with Crippen LogP contribution >= 0.6 is 23.4 Å². The smallest absolute Gasteiger partial charge is 0.258 e. The fraction of sp³-hybridized carbons (Fsp3) is 0.200. The summed E-state index contributed by atoms with van der Waals surface area (Å²) >= 11 is 8.00. The van der Waals surface area contributed by atoms with E-state index in [1.54, 1.807) is 12.1 Å². The molecule has 26 heavy (non-hydrogen) atoms. The van der Waals surface area contributed by atoms with Crippen LogP contribution in [0.2, 0.25) is 5.02 Å². The van der Waals surface area contributed by atoms with Crippen LogP contribution in [0.25, 0.3) is 5.69 Å². The van der Waals surface area contributed by atoms with Gasteiger partial charge >= 0.3 is 0 Å². The van der Waals surface area contributed by atoms with Gasteiger partial charge in [0.05, 0.1) is 22.0 Å². The Kier molecular flexibility index (Phi) is 4.51. The number of nitrogens with zero attached hydrogens (tertiary/aromatic N) is 2. The predicted molar refractivity (Wildman–Crippen MR) is 107 cm³/mol. The largest absolute Gasteiger partial charge is 0.306 e. The maximum absolute atomic E-state index is 12.8. The molecular formula is C20H18ClN3OS. The van der Waals surface area contributed by atoms with E-state index in [0.29, 0.717) is 10.6 Å². The standard InChI is InChI=1S/C20H18ClN3OS/c1-12-7-8-18(13(2)9-12)24-19(15-10-26-11-17(15)23-24)22-20(25)14-5-3-4-6-16(14)21/h3-9H,10-11H2,1-2H3,(H,22,25). The molecule has 0 spiro atoms. The van der Waals surface area contributed by atoms with Crippen LogP contribution in [0.4, 0.5) is 5.82 Å². The van der Waals surface area contributed by atoms with E-state index in [1.807, 2.05) is 34.6 Å². The maximum Gasteiger partial charge on any atom is 0.258 e. The second-order valence-electron chi connectivity index (χ2n) is 6.40. The van der Waals surface area contributed by atoms with E-state index in [4.69, 9.17) is 16.7 Å². The first-order valence-electron chi connectivity index (χ1n) is 8.36. The molecule has 0 saturated heterocycles. The van der Waals surface area contributed by atoms with Crippen molar-refractivity contribution in [1.82, 2.24) is 9.78 Å². The number of aromatic nitrogens is 2. The molecule has 4 nitrogen and oxygen atoms in total. The van der Waals surface area contributed by atoms with Gasteiger partial charge in [0.2, 0.25) is 0 Å². The Morgan fingerprint density at radius 3 is 2.77 bits per heavy atom. The minimum atomic E-state index is -0.221. The molecule has 0 atom stereocenters. The topological polar surface area (TPSA) is 46.9 Å². The zero-order valence-corrected chi connectivity index (χ0v) is 16.1. The van der Waals surface area contributed by atoms with E-state index in [9.17, 15) is 4.79 Å². The zero-order valence-electron chi connectivity index (χ0n) is 14.5. The summed E-state index contributed by atoms with van der Waals surface area (Å²) < 4.78 is 1.86. The third-order valence-corrected chi connectivity index (χ3v) is 5.78. The first-order valence-corrected chi connectivity index (χ1v) is 9.90. The lowest BCUT2D eigenvalue weighted by Gasteiger charge is -2.14. The molecule has 1 N–H and O–H groups in total. The van der Waals surface area contributed by atoms with E-state index in [0.717, 1.165) is 39.8 Å². The molecule has 1 aromatic heterocycles. The number of thioether (sulfide) groups is 1. The van der Waals surface area contributed by atoms with Crippen molar-refractivity contribution >= 4 is 35.1 Å². The van der Waals surface area contributed by atoms with Gasteiger partial charge in [0.1, 0.15) is 5.82 Å². The van der Waals surface area contributed by atoms with Crippen molar-refractivity contribution in [3.8, 4) is 5.69 Å². The molecule has 0 aliphatic carbocycles. The van der Waals surface area contributed by atoms with Gasteiger partial charge in [-0.2, -0.15) is 16.9 Å². The van der Waals surface area contributed by atoms with Crippen LogP contribution in [0.15, 0.2) is 42.5 Å². The van der Waals surface area contributed by atoms with E-state index >= 15 is 0 Å². The number of carbonyl (C=O) groups is 1. The van der Waals surface area contributed by atoms with Crippen LogP contribution in [-0.2, 0) is 11.5 Å². The minimum absolute atomic E-state index is 0.221. The molecule has 6 heteroatoms. The fourth-order valence-electron chi connectivity index (χ4n) is 3.18. The monoisotopic (exact) mass is 383 g/mol. The van der Waals surface area contributed by atoms with E-state index in [2.05, 4.69) is 31.3 Å². The lowest BCUT2D eigenvalue weighted by Crippen LogP contribution is -2.17. The molecule has 0 bridgehead atoms. The van der Waals surface area contributed by atoms with Crippen LogP contribution < -0.4 is 5.32 Å². The minimum Gasteiger partial charge on any atom is -0.306 e. The van der Waals surface area contributed by atoms with Crippen molar-refractivity contribution < 1.29 is 4.79 Å². The lowest BCUT2D eigenvalue weighted by atomic mass is 10.1. The van der Waals surface area contributed by atoms with Crippen LogP contribution in [0.5, 0.6) is 0 Å². The molecule has 132 valence electrons. The number of amides is 1. The van der Waals surface area contributed by atoms with Gasteiger partial charge in [0, 0.05) is 17.1 Å². The number of anilines is 1. The summed E-state index contributed by atoms with van der Waals surface area (Å²) in [6.07, 6.45) is 0. The molecule has 0 unspecified atom stereocenters. The van der Waals surface area contributed by atoms with Gasteiger partial charge in [0.15, 0.2) is 0 Å². The van der Waals surface area contributed by atoms with Crippen LogP contribution in [-0.4, -0.2) is 15.7 Å². The Bertz CT molecular complexity index is 1010. The van der Waals surface area contributed by atoms with Gasteiger partial charge in [-0.3, -0.25) is 4.79 Å². The highest BCUT2D eigenvalue weighted by Gasteiger charge is 2.26. The molecular weight excluding hydrogens is 366 g/mol. The van der Waals surface area contributed by atoms with Gasteiger partial charge in [-0.15, -0.1) is 0 Å². The highest BCUT2D eigenvalue weighted by Crippen LogP contribution is 2.37. The summed E-state index contributed by atoms with van der Waals surface area (Å²) in [5, 5.41) is 8.26. The molecule has 0 fully saturated rings. The average Bonchev–Trinajstić information content (AvgIpc) is 3.18. The Morgan fingerprint density at radius 1 is 1.19 bits per heavy atom. The van der Waals surface area contributed by atoms with Crippen molar-refractivity contribution in [2.24, 2.45) is 0 Å². The quantitative estimate of drug-likeness (QED) is 0.681. The third kappa shape index (κ3) is 3.02. The van der Waals surface area contributed by atoms with Crippen molar-refractivity contribution in [2.75, 3.05) is 5.32 Å². The molecule has 3 aromatic rings.